The molecule has 1 rings (SSSR count). The Morgan fingerprint density at radius 2 is 2.00 bits per heavy atom. The van der Waals surface area contributed by atoms with Crippen molar-refractivity contribution in [1.82, 2.24) is 0 Å². The smallest absolute Gasteiger partial charge is 0.166 e. The van der Waals surface area contributed by atoms with Crippen LogP contribution in [0.2, 0.25) is 0 Å². The van der Waals surface area contributed by atoms with Crippen molar-refractivity contribution >= 4 is 11.6 Å². The first-order chi connectivity index (χ1) is 7.45. The van der Waals surface area contributed by atoms with Gasteiger partial charge in [-0.25, -0.2) is 0 Å². The summed E-state index contributed by atoms with van der Waals surface area (Å²) in [5.74, 6) is 6.00. The molecule has 0 radical (unpaired) electrons. The lowest BCUT2D eigenvalue weighted by Crippen LogP contribution is -2.05. The Labute approximate surface area is 97.4 Å². The molecule has 0 nitrogen and oxygen atoms in total. The average molecular weight is 247 g/mol. The van der Waals surface area contributed by atoms with Gasteiger partial charge in [0, 0.05) is 17.9 Å². The second kappa shape index (κ2) is 5.27. The van der Waals surface area contributed by atoms with Crippen molar-refractivity contribution in [3.63, 3.8) is 0 Å². The Hall–Kier alpha value is -1.14. The van der Waals surface area contributed by atoms with Crippen LogP contribution in [0.25, 0.3) is 0 Å². The van der Waals surface area contributed by atoms with Crippen molar-refractivity contribution in [3.8, 4) is 11.8 Å². The van der Waals surface area contributed by atoms with Gasteiger partial charge in [-0.05, 0) is 30.7 Å². The second-order valence-corrected chi connectivity index (χ2v) is 3.65. The maximum Gasteiger partial charge on any atom is 0.416 e. The minimum absolute atomic E-state index is 0.423. The van der Waals surface area contributed by atoms with Gasteiger partial charge in [-0.15, -0.1) is 11.6 Å². The van der Waals surface area contributed by atoms with Gasteiger partial charge in [-0.1, -0.05) is 11.8 Å². The van der Waals surface area contributed by atoms with Gasteiger partial charge in [0.2, 0.25) is 0 Å². The van der Waals surface area contributed by atoms with Gasteiger partial charge in [0.1, 0.15) is 0 Å². The Morgan fingerprint density at radius 1 is 1.31 bits per heavy atom. The maximum absolute atomic E-state index is 12.4. The van der Waals surface area contributed by atoms with Gasteiger partial charge in [-0.2, -0.15) is 13.2 Å². The number of rotatable bonds is 1. The third-order valence-electron chi connectivity index (χ3n) is 2.00. The summed E-state index contributed by atoms with van der Waals surface area (Å²) in [6.45, 7) is 1.61. The van der Waals surface area contributed by atoms with Crippen LogP contribution in [-0.4, -0.2) is 5.88 Å². The molecule has 4 heteroatoms. The van der Waals surface area contributed by atoms with Crippen molar-refractivity contribution in [2.75, 3.05) is 5.88 Å². The van der Waals surface area contributed by atoms with Crippen molar-refractivity contribution in [2.24, 2.45) is 0 Å². The molecule has 0 N–H and O–H groups in total. The summed E-state index contributed by atoms with van der Waals surface area (Å²) in [4.78, 5) is 0. The van der Waals surface area contributed by atoms with Gasteiger partial charge >= 0.3 is 6.18 Å². The highest BCUT2D eigenvalue weighted by molar-refractivity contribution is 6.18. The van der Waals surface area contributed by atoms with Crippen LogP contribution in [0.15, 0.2) is 18.2 Å². The molecule has 0 aliphatic rings. The monoisotopic (exact) mass is 246 g/mol. The molecule has 0 fully saturated rings. The molecule has 0 bridgehead atoms. The summed E-state index contributed by atoms with van der Waals surface area (Å²) in [5, 5.41) is 0. The fraction of sp³-hybridized carbons (Fsp3) is 0.333. The number of hydrogen-bond donors (Lipinski definition) is 0. The topological polar surface area (TPSA) is 0 Å². The molecule has 86 valence electrons. The van der Waals surface area contributed by atoms with Crippen LogP contribution in [0, 0.1) is 18.8 Å². The second-order valence-electron chi connectivity index (χ2n) is 3.27. The van der Waals surface area contributed by atoms with E-state index in [1.807, 2.05) is 0 Å². The highest BCUT2D eigenvalue weighted by atomic mass is 35.5. The van der Waals surface area contributed by atoms with Crippen molar-refractivity contribution in [3.05, 3.63) is 34.9 Å². The first kappa shape index (κ1) is 12.9. The Kier molecular flexibility index (Phi) is 4.26. The molecule has 16 heavy (non-hydrogen) atoms. The van der Waals surface area contributed by atoms with E-state index < -0.39 is 11.7 Å². The predicted molar refractivity (Wildman–Crippen MR) is 58.4 cm³/mol. The molecule has 1 aromatic rings. The SMILES string of the molecule is Cc1cc(C(F)(F)F)ccc1C#CCCCl. The minimum Gasteiger partial charge on any atom is -0.166 e. The fourth-order valence-corrected chi connectivity index (χ4v) is 1.28. The lowest BCUT2D eigenvalue weighted by molar-refractivity contribution is -0.137. The Morgan fingerprint density at radius 3 is 2.50 bits per heavy atom. The molecule has 0 aliphatic heterocycles. The number of benzene rings is 1. The lowest BCUT2D eigenvalue weighted by Gasteiger charge is -2.07. The van der Waals surface area contributed by atoms with E-state index in [4.69, 9.17) is 11.6 Å². The van der Waals surface area contributed by atoms with E-state index in [-0.39, 0.29) is 0 Å². The van der Waals surface area contributed by atoms with Crippen LogP contribution in [0.3, 0.4) is 0 Å². The zero-order valence-corrected chi connectivity index (χ0v) is 9.41. The van der Waals surface area contributed by atoms with Crippen molar-refractivity contribution < 1.29 is 13.2 Å². The third kappa shape index (κ3) is 3.46. The number of hydrogen-bond acceptors (Lipinski definition) is 0. The summed E-state index contributed by atoms with van der Waals surface area (Å²) < 4.78 is 37.1. The highest BCUT2D eigenvalue weighted by Crippen LogP contribution is 2.30. The first-order valence-electron chi connectivity index (χ1n) is 4.68. The molecule has 0 unspecified atom stereocenters. The molecule has 0 spiro atoms. The fourth-order valence-electron chi connectivity index (χ4n) is 1.19. The standard InChI is InChI=1S/C12H10ClF3/c1-9-8-11(12(14,15)16)6-5-10(9)4-2-3-7-13/h5-6,8H,3,7H2,1H3. The minimum atomic E-state index is -4.30. The average Bonchev–Trinajstić information content (AvgIpc) is 2.19. The van der Waals surface area contributed by atoms with E-state index in [9.17, 15) is 13.2 Å². The zero-order valence-electron chi connectivity index (χ0n) is 8.66. The molecule has 0 saturated heterocycles. The Bertz CT molecular complexity index is 424. The summed E-state index contributed by atoms with van der Waals surface area (Å²) >= 11 is 5.44. The molecule has 0 saturated carbocycles. The van der Waals surface area contributed by atoms with E-state index in [0.29, 0.717) is 23.4 Å². The van der Waals surface area contributed by atoms with E-state index in [2.05, 4.69) is 11.8 Å². The molecule has 0 aliphatic carbocycles. The van der Waals surface area contributed by atoms with Crippen LogP contribution in [0.4, 0.5) is 13.2 Å². The number of aryl methyl sites for hydroxylation is 1. The van der Waals surface area contributed by atoms with E-state index >= 15 is 0 Å². The number of alkyl halides is 4. The molecule has 0 atom stereocenters. The van der Waals surface area contributed by atoms with Crippen LogP contribution >= 0.6 is 11.6 Å². The molecule has 0 heterocycles. The molecule has 0 amide bonds. The van der Waals surface area contributed by atoms with Crippen molar-refractivity contribution in [2.45, 2.75) is 19.5 Å². The zero-order chi connectivity index (χ0) is 12.2. The molecule has 0 aromatic heterocycles. The highest BCUT2D eigenvalue weighted by Gasteiger charge is 2.30. The van der Waals surface area contributed by atoms with Crippen molar-refractivity contribution in [1.29, 1.82) is 0 Å². The molecular weight excluding hydrogens is 237 g/mol. The van der Waals surface area contributed by atoms with E-state index in [0.717, 1.165) is 12.1 Å². The van der Waals surface area contributed by atoms with Gasteiger partial charge in [0.15, 0.2) is 0 Å². The van der Waals surface area contributed by atoms with Crippen LogP contribution in [-0.2, 0) is 6.18 Å². The lowest BCUT2D eigenvalue weighted by atomic mass is 10.1. The molecule has 1 aromatic carbocycles. The summed E-state index contributed by atoms with van der Waals surface area (Å²) in [5.41, 5.74) is 0.489. The van der Waals surface area contributed by atoms with Gasteiger partial charge < -0.3 is 0 Å². The van der Waals surface area contributed by atoms with Crippen LogP contribution < -0.4 is 0 Å². The summed E-state index contributed by atoms with van der Waals surface area (Å²) in [6, 6.07) is 3.53. The number of halogens is 4. The Balaban J connectivity index is 2.98. The summed E-state index contributed by atoms with van der Waals surface area (Å²) in [7, 11) is 0. The van der Waals surface area contributed by atoms with E-state index in [1.165, 1.54) is 6.07 Å². The normalized spacial score (nSPS) is 10.8. The predicted octanol–water partition coefficient (Wildman–Crippen LogP) is 3.99. The van der Waals surface area contributed by atoms with Gasteiger partial charge in [0.25, 0.3) is 0 Å². The van der Waals surface area contributed by atoms with Gasteiger partial charge in [0.05, 0.1) is 5.56 Å². The maximum atomic E-state index is 12.4. The molecular formula is C12H10ClF3. The largest absolute Gasteiger partial charge is 0.416 e. The quantitative estimate of drug-likeness (QED) is 0.519. The van der Waals surface area contributed by atoms with Gasteiger partial charge in [-0.3, -0.25) is 0 Å². The van der Waals surface area contributed by atoms with Crippen LogP contribution in [0.5, 0.6) is 0 Å². The third-order valence-corrected chi connectivity index (χ3v) is 2.19. The van der Waals surface area contributed by atoms with Crippen LogP contribution in [0.1, 0.15) is 23.1 Å². The van der Waals surface area contributed by atoms with E-state index in [1.54, 1.807) is 6.92 Å². The summed E-state index contributed by atoms with van der Waals surface area (Å²) in [6.07, 6.45) is -3.77. The first-order valence-corrected chi connectivity index (χ1v) is 5.21.